The van der Waals surface area contributed by atoms with Gasteiger partial charge in [-0.15, -0.1) is 0 Å². The Kier molecular flexibility index (Phi) is 3.50. The highest BCUT2D eigenvalue weighted by molar-refractivity contribution is 9.12. The largest absolute Gasteiger partial charge is 0.394 e. The van der Waals surface area contributed by atoms with E-state index in [-0.39, 0.29) is 12.8 Å². The second kappa shape index (κ2) is 4.87. The highest BCUT2D eigenvalue weighted by atomic mass is 79.9. The minimum atomic E-state index is -0.0744. The molecule has 0 saturated heterocycles. The fourth-order valence-corrected chi connectivity index (χ4v) is 1.83. The van der Waals surface area contributed by atoms with Crippen molar-refractivity contribution in [2.24, 2.45) is 9.98 Å². The number of halogens is 1. The smallest absolute Gasteiger partial charge is 0.226 e. The van der Waals surface area contributed by atoms with E-state index in [9.17, 15) is 0 Å². The van der Waals surface area contributed by atoms with Crippen LogP contribution >= 0.6 is 15.9 Å². The molecule has 2 rings (SSSR count). The van der Waals surface area contributed by atoms with Gasteiger partial charge in [0.1, 0.15) is 6.23 Å². The van der Waals surface area contributed by atoms with Crippen LogP contribution in [0.2, 0.25) is 0 Å². The van der Waals surface area contributed by atoms with Gasteiger partial charge in [0.05, 0.1) is 17.7 Å². The number of hydrogen-bond donors (Lipinski definition) is 1. The highest BCUT2D eigenvalue weighted by Crippen LogP contribution is 2.20. The van der Waals surface area contributed by atoms with Gasteiger partial charge in [-0.3, -0.25) is 9.89 Å². The summed E-state index contributed by atoms with van der Waals surface area (Å²) in [6.45, 7) is 1.08. The second-order valence-electron chi connectivity index (χ2n) is 3.20. The molecule has 6 heteroatoms. The Hall–Kier alpha value is -0.720. The third-order valence-electron chi connectivity index (χ3n) is 2.14. The molecule has 1 unspecified atom stereocenters. The maximum atomic E-state index is 8.72. The molecule has 1 N–H and O–H groups in total. The van der Waals surface area contributed by atoms with Gasteiger partial charge in [-0.25, -0.2) is 4.99 Å². The molecule has 0 amide bonds. The maximum Gasteiger partial charge on any atom is 0.226 e. The summed E-state index contributed by atoms with van der Waals surface area (Å²) >= 11 is 3.36. The molecule has 15 heavy (non-hydrogen) atoms. The lowest BCUT2D eigenvalue weighted by atomic mass is 10.3. The lowest BCUT2D eigenvalue weighted by molar-refractivity contribution is -0.0310. The standard InChI is InChI=1S/C9H12BrN3O2/c10-7-5-12-9-11-2-1-8(13(9)6-7)15-4-3-14/h5-6,8,14H,1-4H2. The fourth-order valence-electron chi connectivity index (χ4n) is 1.51. The molecule has 0 bridgehead atoms. The van der Waals surface area contributed by atoms with E-state index in [1.807, 2.05) is 11.1 Å². The van der Waals surface area contributed by atoms with Crippen LogP contribution in [0.1, 0.15) is 6.42 Å². The van der Waals surface area contributed by atoms with Crippen LogP contribution in [-0.4, -0.2) is 48.2 Å². The first-order valence-electron chi connectivity index (χ1n) is 4.78. The number of aliphatic hydroxyl groups excluding tert-OH is 1. The predicted octanol–water partition coefficient (Wildman–Crippen LogP) is 0.704. The molecule has 2 aliphatic heterocycles. The quantitative estimate of drug-likeness (QED) is 0.824. The molecule has 82 valence electrons. The first-order valence-corrected chi connectivity index (χ1v) is 5.57. The Balaban J connectivity index is 2.09. The fraction of sp³-hybridized carbons (Fsp3) is 0.556. The molecule has 0 spiro atoms. The zero-order chi connectivity index (χ0) is 10.7. The Labute approximate surface area is 96.3 Å². The molecule has 1 atom stereocenters. The molecule has 5 nitrogen and oxygen atoms in total. The summed E-state index contributed by atoms with van der Waals surface area (Å²) in [5.41, 5.74) is 0. The van der Waals surface area contributed by atoms with Crippen molar-refractivity contribution >= 4 is 28.1 Å². The maximum absolute atomic E-state index is 8.72. The Morgan fingerprint density at radius 3 is 3.33 bits per heavy atom. The van der Waals surface area contributed by atoms with E-state index in [0.717, 1.165) is 10.9 Å². The first-order chi connectivity index (χ1) is 7.31. The topological polar surface area (TPSA) is 57.4 Å². The number of nitrogens with zero attached hydrogens (tertiary/aromatic N) is 3. The lowest BCUT2D eigenvalue weighted by Gasteiger charge is -2.33. The van der Waals surface area contributed by atoms with E-state index in [2.05, 4.69) is 25.9 Å². The third-order valence-corrected chi connectivity index (χ3v) is 2.55. The summed E-state index contributed by atoms with van der Waals surface area (Å²) in [5, 5.41) is 8.72. The van der Waals surface area contributed by atoms with Gasteiger partial charge in [-0.1, -0.05) is 0 Å². The molecule has 2 aliphatic rings. The van der Waals surface area contributed by atoms with Crippen LogP contribution in [0.4, 0.5) is 0 Å². The Morgan fingerprint density at radius 2 is 2.53 bits per heavy atom. The number of aliphatic hydroxyl groups is 1. The number of rotatable bonds is 3. The van der Waals surface area contributed by atoms with Crippen LogP contribution in [0.15, 0.2) is 20.7 Å². The van der Waals surface area contributed by atoms with Crippen LogP contribution in [-0.2, 0) is 4.74 Å². The Bertz CT molecular complexity index is 327. The summed E-state index contributed by atoms with van der Waals surface area (Å²) < 4.78 is 6.40. The van der Waals surface area contributed by atoms with Gasteiger partial charge >= 0.3 is 0 Å². The summed E-state index contributed by atoms with van der Waals surface area (Å²) in [4.78, 5) is 10.3. The van der Waals surface area contributed by atoms with Crippen LogP contribution in [0.5, 0.6) is 0 Å². The summed E-state index contributed by atoms with van der Waals surface area (Å²) in [6.07, 6.45) is 4.35. The van der Waals surface area contributed by atoms with Crippen molar-refractivity contribution in [2.75, 3.05) is 19.8 Å². The van der Waals surface area contributed by atoms with E-state index < -0.39 is 0 Å². The third kappa shape index (κ3) is 2.45. The molecule has 0 aromatic carbocycles. The number of hydrogen-bond acceptors (Lipinski definition) is 5. The van der Waals surface area contributed by atoms with E-state index in [1.165, 1.54) is 0 Å². The molecular formula is C9H12BrN3O2. The van der Waals surface area contributed by atoms with E-state index in [4.69, 9.17) is 9.84 Å². The number of allylic oxidation sites excluding steroid dienone is 1. The van der Waals surface area contributed by atoms with Crippen molar-refractivity contribution in [3.8, 4) is 0 Å². The van der Waals surface area contributed by atoms with Gasteiger partial charge < -0.3 is 9.84 Å². The van der Waals surface area contributed by atoms with Crippen molar-refractivity contribution < 1.29 is 9.84 Å². The minimum absolute atomic E-state index is 0.0327. The van der Waals surface area contributed by atoms with E-state index in [1.54, 1.807) is 6.21 Å². The molecule has 0 saturated carbocycles. The molecular weight excluding hydrogens is 262 g/mol. The summed E-state index contributed by atoms with van der Waals surface area (Å²) in [7, 11) is 0. The highest BCUT2D eigenvalue weighted by Gasteiger charge is 2.26. The monoisotopic (exact) mass is 273 g/mol. The van der Waals surface area contributed by atoms with Crippen LogP contribution in [0, 0.1) is 0 Å². The normalized spacial score (nSPS) is 24.7. The van der Waals surface area contributed by atoms with Gasteiger partial charge in [-0.05, 0) is 15.9 Å². The van der Waals surface area contributed by atoms with E-state index in [0.29, 0.717) is 19.1 Å². The number of ether oxygens (including phenoxy) is 1. The zero-order valence-corrected chi connectivity index (χ0v) is 9.72. The molecule has 2 heterocycles. The van der Waals surface area contributed by atoms with Crippen molar-refractivity contribution in [1.82, 2.24) is 4.90 Å². The van der Waals surface area contributed by atoms with Gasteiger partial charge in [-0.2, -0.15) is 0 Å². The van der Waals surface area contributed by atoms with Gasteiger partial charge in [0.25, 0.3) is 0 Å². The van der Waals surface area contributed by atoms with Crippen LogP contribution in [0.3, 0.4) is 0 Å². The number of guanidine groups is 1. The van der Waals surface area contributed by atoms with Gasteiger partial charge in [0, 0.05) is 25.4 Å². The lowest BCUT2D eigenvalue weighted by Crippen LogP contribution is -2.42. The molecule has 0 aromatic heterocycles. The minimum Gasteiger partial charge on any atom is -0.394 e. The van der Waals surface area contributed by atoms with Crippen molar-refractivity contribution in [2.45, 2.75) is 12.6 Å². The van der Waals surface area contributed by atoms with E-state index >= 15 is 0 Å². The average Bonchev–Trinajstić information content (AvgIpc) is 2.26. The average molecular weight is 274 g/mol. The summed E-state index contributed by atoms with van der Waals surface area (Å²) in [5.74, 6) is 0.674. The molecule has 0 aliphatic carbocycles. The van der Waals surface area contributed by atoms with Crippen molar-refractivity contribution in [3.63, 3.8) is 0 Å². The SMILES string of the molecule is OCCOC1CCN=C2N=CC(Br)=CN21. The predicted molar refractivity (Wildman–Crippen MR) is 61.1 cm³/mol. The number of fused-ring (bicyclic) bond motifs is 1. The Morgan fingerprint density at radius 1 is 1.67 bits per heavy atom. The van der Waals surface area contributed by atoms with Crippen LogP contribution < -0.4 is 0 Å². The molecule has 0 radical (unpaired) electrons. The van der Waals surface area contributed by atoms with Gasteiger partial charge in [0.2, 0.25) is 5.96 Å². The zero-order valence-electron chi connectivity index (χ0n) is 8.14. The van der Waals surface area contributed by atoms with Crippen molar-refractivity contribution in [1.29, 1.82) is 0 Å². The first kappa shape index (κ1) is 10.8. The number of aliphatic imine (C=N–C) groups is 2. The molecule has 0 fully saturated rings. The second-order valence-corrected chi connectivity index (χ2v) is 4.11. The summed E-state index contributed by atoms with van der Waals surface area (Å²) in [6, 6.07) is 0. The molecule has 0 aromatic rings. The van der Waals surface area contributed by atoms with Crippen LogP contribution in [0.25, 0.3) is 0 Å². The van der Waals surface area contributed by atoms with Gasteiger partial charge in [0.15, 0.2) is 0 Å². The van der Waals surface area contributed by atoms with Crippen molar-refractivity contribution in [3.05, 3.63) is 10.7 Å².